The highest BCUT2D eigenvalue weighted by atomic mass is 79.9. The van der Waals surface area contributed by atoms with Crippen LogP contribution in [-0.2, 0) is 4.74 Å². The number of nitrogens with zero attached hydrogens (tertiary/aromatic N) is 1. The van der Waals surface area contributed by atoms with Crippen molar-refractivity contribution in [2.24, 2.45) is 0 Å². The maximum absolute atomic E-state index is 5.06. The molecule has 0 spiro atoms. The Hall–Kier alpha value is 0.400. The average molecular weight is 250 g/mol. The van der Waals surface area contributed by atoms with Crippen molar-refractivity contribution in [2.45, 2.75) is 31.7 Å². The minimum Gasteiger partial charge on any atom is -0.385 e. The highest BCUT2D eigenvalue weighted by Gasteiger charge is 2.23. The monoisotopic (exact) mass is 249 g/mol. The van der Waals surface area contributed by atoms with Crippen LogP contribution in [0.25, 0.3) is 0 Å². The summed E-state index contributed by atoms with van der Waals surface area (Å²) in [6.07, 6.45) is 5.40. The number of rotatable bonds is 7. The van der Waals surface area contributed by atoms with E-state index in [4.69, 9.17) is 4.74 Å². The van der Waals surface area contributed by atoms with Crippen LogP contribution in [0.2, 0.25) is 0 Å². The van der Waals surface area contributed by atoms with Crippen molar-refractivity contribution in [1.29, 1.82) is 0 Å². The summed E-state index contributed by atoms with van der Waals surface area (Å²) in [5.74, 6) is 0. The maximum atomic E-state index is 5.06. The number of methoxy groups -OCH3 is 1. The topological polar surface area (TPSA) is 12.5 Å². The second-order valence-electron chi connectivity index (χ2n) is 3.66. The van der Waals surface area contributed by atoms with Crippen LogP contribution >= 0.6 is 15.9 Å². The summed E-state index contributed by atoms with van der Waals surface area (Å²) >= 11 is 3.51. The normalized spacial score (nSPS) is 17.8. The lowest BCUT2D eigenvalue weighted by Gasteiger charge is -2.37. The second kappa shape index (κ2) is 6.80. The van der Waals surface area contributed by atoms with Gasteiger partial charge >= 0.3 is 0 Å². The third-order valence-electron chi connectivity index (χ3n) is 2.76. The molecule has 0 heterocycles. The summed E-state index contributed by atoms with van der Waals surface area (Å²) < 4.78 is 5.06. The zero-order valence-corrected chi connectivity index (χ0v) is 10.1. The fraction of sp³-hybridized carbons (Fsp3) is 1.00. The van der Waals surface area contributed by atoms with Crippen molar-refractivity contribution < 1.29 is 4.74 Å². The van der Waals surface area contributed by atoms with E-state index < -0.39 is 0 Å². The molecule has 2 nitrogen and oxygen atoms in total. The molecular weight excluding hydrogens is 230 g/mol. The minimum absolute atomic E-state index is 0.870. The predicted molar refractivity (Wildman–Crippen MR) is 59.5 cm³/mol. The third-order valence-corrected chi connectivity index (χ3v) is 3.11. The summed E-state index contributed by atoms with van der Waals surface area (Å²) in [4.78, 5) is 2.59. The van der Waals surface area contributed by atoms with Crippen LogP contribution in [0.15, 0.2) is 0 Å². The number of hydrogen-bond donors (Lipinski definition) is 0. The van der Waals surface area contributed by atoms with Gasteiger partial charge in [-0.25, -0.2) is 0 Å². The van der Waals surface area contributed by atoms with Crippen LogP contribution < -0.4 is 0 Å². The molecule has 0 saturated heterocycles. The first kappa shape index (κ1) is 11.5. The van der Waals surface area contributed by atoms with Crippen LogP contribution in [0.1, 0.15) is 25.7 Å². The van der Waals surface area contributed by atoms with E-state index in [1.165, 1.54) is 38.8 Å². The Balaban J connectivity index is 2.12. The molecule has 0 radical (unpaired) electrons. The molecule has 1 rings (SSSR count). The average Bonchev–Trinajstić information content (AvgIpc) is 2.02. The summed E-state index contributed by atoms with van der Waals surface area (Å²) in [6.45, 7) is 3.28. The molecule has 0 aliphatic heterocycles. The first-order chi connectivity index (χ1) is 6.38. The van der Waals surface area contributed by atoms with E-state index in [-0.39, 0.29) is 0 Å². The molecule has 0 aromatic rings. The Morgan fingerprint density at radius 3 is 2.62 bits per heavy atom. The molecule has 1 aliphatic rings. The Morgan fingerprint density at radius 2 is 2.15 bits per heavy atom. The smallest absolute Gasteiger partial charge is 0.0474 e. The van der Waals surface area contributed by atoms with Gasteiger partial charge in [-0.3, -0.25) is 4.90 Å². The first-order valence-corrected chi connectivity index (χ1v) is 6.29. The molecule has 0 amide bonds. The SMILES string of the molecule is COCCCN(CCBr)C1CCC1. The van der Waals surface area contributed by atoms with E-state index in [2.05, 4.69) is 20.8 Å². The molecule has 1 fully saturated rings. The fourth-order valence-corrected chi connectivity index (χ4v) is 2.20. The van der Waals surface area contributed by atoms with Crippen LogP contribution in [-0.4, -0.2) is 43.1 Å². The van der Waals surface area contributed by atoms with Gasteiger partial charge in [-0.1, -0.05) is 22.4 Å². The van der Waals surface area contributed by atoms with Crippen molar-refractivity contribution in [3.05, 3.63) is 0 Å². The molecule has 0 bridgehead atoms. The van der Waals surface area contributed by atoms with Gasteiger partial charge in [-0.15, -0.1) is 0 Å². The van der Waals surface area contributed by atoms with Gasteiger partial charge in [-0.05, 0) is 19.3 Å². The van der Waals surface area contributed by atoms with E-state index in [9.17, 15) is 0 Å². The largest absolute Gasteiger partial charge is 0.385 e. The Kier molecular flexibility index (Phi) is 6.00. The van der Waals surface area contributed by atoms with Crippen LogP contribution in [0.5, 0.6) is 0 Å². The zero-order valence-electron chi connectivity index (χ0n) is 8.47. The Labute approximate surface area is 89.8 Å². The third kappa shape index (κ3) is 3.96. The molecule has 13 heavy (non-hydrogen) atoms. The van der Waals surface area contributed by atoms with Crippen molar-refractivity contribution >= 4 is 15.9 Å². The summed E-state index contributed by atoms with van der Waals surface area (Å²) in [5.41, 5.74) is 0. The van der Waals surface area contributed by atoms with E-state index in [0.717, 1.165) is 18.0 Å². The number of halogens is 1. The van der Waals surface area contributed by atoms with Gasteiger partial charge in [0, 0.05) is 38.2 Å². The number of alkyl halides is 1. The molecule has 1 saturated carbocycles. The second-order valence-corrected chi connectivity index (χ2v) is 4.45. The van der Waals surface area contributed by atoms with Crippen LogP contribution in [0, 0.1) is 0 Å². The van der Waals surface area contributed by atoms with Gasteiger partial charge in [0.2, 0.25) is 0 Å². The molecule has 0 unspecified atom stereocenters. The standard InChI is InChI=1S/C10H20BrNO/c1-13-9-3-7-12(8-6-11)10-4-2-5-10/h10H,2-9H2,1H3. The van der Waals surface area contributed by atoms with Gasteiger partial charge in [0.05, 0.1) is 0 Å². The Bertz CT molecular complexity index is 128. The molecular formula is C10H20BrNO. The lowest BCUT2D eigenvalue weighted by molar-refractivity contribution is 0.114. The van der Waals surface area contributed by atoms with E-state index >= 15 is 0 Å². The Morgan fingerprint density at radius 1 is 1.38 bits per heavy atom. The lowest BCUT2D eigenvalue weighted by Crippen LogP contribution is -2.42. The van der Waals surface area contributed by atoms with Crippen molar-refractivity contribution in [3.8, 4) is 0 Å². The summed E-state index contributed by atoms with van der Waals surface area (Å²) in [7, 11) is 1.78. The van der Waals surface area contributed by atoms with Crippen LogP contribution in [0.3, 0.4) is 0 Å². The molecule has 1 aliphatic carbocycles. The summed E-state index contributed by atoms with van der Waals surface area (Å²) in [6, 6.07) is 0.870. The molecule has 0 atom stereocenters. The lowest BCUT2D eigenvalue weighted by atomic mass is 9.91. The van der Waals surface area contributed by atoms with E-state index in [0.29, 0.717) is 0 Å². The number of hydrogen-bond acceptors (Lipinski definition) is 2. The predicted octanol–water partition coefficient (Wildman–Crippen LogP) is 2.27. The van der Waals surface area contributed by atoms with Crippen molar-refractivity contribution in [3.63, 3.8) is 0 Å². The van der Waals surface area contributed by atoms with Crippen molar-refractivity contribution in [2.75, 3.05) is 32.1 Å². The highest BCUT2D eigenvalue weighted by molar-refractivity contribution is 9.09. The first-order valence-electron chi connectivity index (χ1n) is 5.17. The molecule has 78 valence electrons. The maximum Gasteiger partial charge on any atom is 0.0474 e. The molecule has 0 aromatic carbocycles. The van der Waals surface area contributed by atoms with E-state index in [1.807, 2.05) is 0 Å². The van der Waals surface area contributed by atoms with Crippen LogP contribution in [0.4, 0.5) is 0 Å². The van der Waals surface area contributed by atoms with Gasteiger partial charge in [-0.2, -0.15) is 0 Å². The fourth-order valence-electron chi connectivity index (χ4n) is 1.75. The number of ether oxygens (including phenoxy) is 1. The van der Waals surface area contributed by atoms with Gasteiger partial charge in [0.25, 0.3) is 0 Å². The van der Waals surface area contributed by atoms with E-state index in [1.54, 1.807) is 7.11 Å². The molecule has 0 N–H and O–H groups in total. The quantitative estimate of drug-likeness (QED) is 0.507. The highest BCUT2D eigenvalue weighted by Crippen LogP contribution is 2.24. The van der Waals surface area contributed by atoms with Gasteiger partial charge in [0.15, 0.2) is 0 Å². The van der Waals surface area contributed by atoms with Crippen molar-refractivity contribution in [1.82, 2.24) is 4.90 Å². The zero-order chi connectivity index (χ0) is 9.52. The molecule has 3 heteroatoms. The minimum atomic E-state index is 0.870. The van der Waals surface area contributed by atoms with Gasteiger partial charge in [0.1, 0.15) is 0 Å². The summed E-state index contributed by atoms with van der Waals surface area (Å²) in [5, 5.41) is 1.09. The van der Waals surface area contributed by atoms with Gasteiger partial charge < -0.3 is 4.74 Å². The molecule has 0 aromatic heterocycles.